The number of thiophene rings is 2. The largest absolute Gasteiger partial charge is 0.372 e. The highest BCUT2D eigenvalue weighted by Gasteiger charge is 2.11. The number of ether oxygens (including phenoxy) is 2. The molecule has 0 fully saturated rings. The molecule has 0 spiro atoms. The number of nitrogens with zero attached hydrogens (tertiary/aromatic N) is 1. The Kier molecular flexibility index (Phi) is 4.30. The van der Waals surface area contributed by atoms with Crippen LogP contribution < -0.4 is 0 Å². The van der Waals surface area contributed by atoms with E-state index in [1.165, 1.54) is 57.0 Å². The average Bonchev–Trinajstić information content (AvgIpc) is 3.36. The maximum Gasteiger partial charge on any atom is 0.0892 e. The highest BCUT2D eigenvalue weighted by atomic mass is 32.1. The SMILES string of the molecule is c1cc2sc3ccc4cc3c2cc1COCc1ccc2sc3cnc(cc3c2c1)COC4. The molecule has 3 nitrogen and oxygen atoms in total. The molecule has 3 aromatic heterocycles. The lowest BCUT2D eigenvalue weighted by atomic mass is 10.1. The molecule has 0 saturated carbocycles. The summed E-state index contributed by atoms with van der Waals surface area (Å²) < 4.78 is 17.3. The van der Waals surface area contributed by atoms with Crippen molar-refractivity contribution in [1.82, 2.24) is 4.98 Å². The minimum Gasteiger partial charge on any atom is -0.372 e. The number of hydrogen-bond donors (Lipinski definition) is 0. The van der Waals surface area contributed by atoms with Crippen LogP contribution in [0, 0.1) is 0 Å². The zero-order valence-electron chi connectivity index (χ0n) is 17.3. The van der Waals surface area contributed by atoms with E-state index in [4.69, 9.17) is 9.47 Å². The minimum absolute atomic E-state index is 0.503. The van der Waals surface area contributed by atoms with E-state index < -0.39 is 0 Å². The second-order valence-corrected chi connectivity index (χ2v) is 10.5. The quantitative estimate of drug-likeness (QED) is 0.238. The third-order valence-electron chi connectivity index (χ3n) is 6.13. The number of fused-ring (bicyclic) bond motifs is 4. The van der Waals surface area contributed by atoms with Crippen LogP contribution in [-0.4, -0.2) is 4.98 Å². The van der Waals surface area contributed by atoms with Gasteiger partial charge in [0.05, 0.1) is 36.8 Å². The second kappa shape index (κ2) is 7.36. The zero-order chi connectivity index (χ0) is 21.1. The molecule has 0 N–H and O–H groups in total. The van der Waals surface area contributed by atoms with E-state index in [1.54, 1.807) is 11.3 Å². The Balaban J connectivity index is 1.35. The average molecular weight is 454 g/mol. The van der Waals surface area contributed by atoms with Crippen LogP contribution in [-0.2, 0) is 35.9 Å². The Morgan fingerprint density at radius 3 is 1.56 bits per heavy atom. The molecule has 0 aliphatic carbocycles. The van der Waals surface area contributed by atoms with Gasteiger partial charge in [-0.2, -0.15) is 0 Å². The van der Waals surface area contributed by atoms with Crippen LogP contribution in [0.25, 0.3) is 40.3 Å². The Morgan fingerprint density at radius 2 is 1.00 bits per heavy atom. The molecule has 6 aromatic rings. The fourth-order valence-corrected chi connectivity index (χ4v) is 6.66. The van der Waals surface area contributed by atoms with E-state index in [9.17, 15) is 0 Å². The lowest BCUT2D eigenvalue weighted by Gasteiger charge is -2.07. The van der Waals surface area contributed by atoms with Crippen molar-refractivity contribution in [3.8, 4) is 0 Å². The van der Waals surface area contributed by atoms with Gasteiger partial charge in [-0.15, -0.1) is 22.7 Å². The van der Waals surface area contributed by atoms with E-state index in [0.29, 0.717) is 26.4 Å². The van der Waals surface area contributed by atoms with Crippen molar-refractivity contribution < 1.29 is 9.47 Å². The van der Waals surface area contributed by atoms with Crippen molar-refractivity contribution in [2.24, 2.45) is 0 Å². The first-order valence-corrected chi connectivity index (χ1v) is 12.3. The zero-order valence-corrected chi connectivity index (χ0v) is 18.9. The van der Waals surface area contributed by atoms with Gasteiger partial charge in [0, 0.05) is 41.8 Å². The van der Waals surface area contributed by atoms with Crippen molar-refractivity contribution in [2.75, 3.05) is 0 Å². The Bertz CT molecular complexity index is 1410. The summed E-state index contributed by atoms with van der Waals surface area (Å²) in [6.07, 6.45) is 1.98. The fraction of sp³-hybridized carbons (Fsp3) is 0.148. The minimum atomic E-state index is 0.503. The summed E-state index contributed by atoms with van der Waals surface area (Å²) in [4.78, 5) is 4.64. The smallest absolute Gasteiger partial charge is 0.0892 e. The van der Waals surface area contributed by atoms with Crippen molar-refractivity contribution in [3.05, 3.63) is 89.2 Å². The molecule has 1 aliphatic heterocycles. The van der Waals surface area contributed by atoms with Crippen LogP contribution >= 0.6 is 22.7 Å². The molecule has 0 saturated heterocycles. The second-order valence-electron chi connectivity index (χ2n) is 8.35. The summed E-state index contributed by atoms with van der Waals surface area (Å²) >= 11 is 3.63. The number of rotatable bonds is 0. The normalized spacial score (nSPS) is 14.8. The summed E-state index contributed by atoms with van der Waals surface area (Å²) in [5.74, 6) is 0. The first kappa shape index (κ1) is 18.7. The van der Waals surface area contributed by atoms with Crippen molar-refractivity contribution in [1.29, 1.82) is 0 Å². The van der Waals surface area contributed by atoms with Gasteiger partial charge in [-0.25, -0.2) is 0 Å². The lowest BCUT2D eigenvalue weighted by Crippen LogP contribution is -1.96. The molecule has 3 aromatic carbocycles. The molecule has 0 unspecified atom stereocenters. The third-order valence-corrected chi connectivity index (χ3v) is 8.41. The fourth-order valence-electron chi connectivity index (χ4n) is 4.55. The van der Waals surface area contributed by atoms with Gasteiger partial charge in [0.1, 0.15) is 0 Å². The topological polar surface area (TPSA) is 31.4 Å². The standard InChI is InChI=1S/C27H19NO2S2/c1-4-24-20-7-16(1)12-29-13-17-3-6-26-22(9-17)23-10-19(28-11-27(23)32-26)15-30-14-18-2-5-25(31-24)21(20)8-18/h1-11H,12-15H2. The molecule has 1 aliphatic rings. The van der Waals surface area contributed by atoms with E-state index in [1.807, 2.05) is 17.5 Å². The summed E-state index contributed by atoms with van der Waals surface area (Å²) in [6.45, 7) is 2.28. The Morgan fingerprint density at radius 1 is 0.531 bits per heavy atom. The number of aromatic nitrogens is 1. The maximum atomic E-state index is 6.14. The summed E-state index contributed by atoms with van der Waals surface area (Å²) in [7, 11) is 0. The van der Waals surface area contributed by atoms with Crippen LogP contribution in [0.15, 0.2) is 66.9 Å². The molecule has 8 bridgehead atoms. The highest BCUT2D eigenvalue weighted by molar-refractivity contribution is 7.26. The number of benzene rings is 3. The number of pyridine rings is 1. The van der Waals surface area contributed by atoms with Crippen LogP contribution in [0.2, 0.25) is 0 Å². The molecular formula is C27H19NO2S2. The molecule has 4 heterocycles. The van der Waals surface area contributed by atoms with Gasteiger partial charge in [-0.05, 0) is 59.2 Å². The molecule has 7 rings (SSSR count). The molecular weight excluding hydrogens is 434 g/mol. The van der Waals surface area contributed by atoms with Crippen LogP contribution in [0.3, 0.4) is 0 Å². The van der Waals surface area contributed by atoms with Crippen LogP contribution in [0.5, 0.6) is 0 Å². The van der Waals surface area contributed by atoms with Gasteiger partial charge in [0.25, 0.3) is 0 Å². The van der Waals surface area contributed by atoms with Gasteiger partial charge in [-0.1, -0.05) is 18.2 Å². The molecule has 32 heavy (non-hydrogen) atoms. The maximum absolute atomic E-state index is 6.14. The Hall–Kier alpha value is -2.83. The molecule has 0 atom stereocenters. The third kappa shape index (κ3) is 3.12. The predicted octanol–water partition coefficient (Wildman–Crippen LogP) is 7.56. The van der Waals surface area contributed by atoms with Gasteiger partial charge >= 0.3 is 0 Å². The summed E-state index contributed by atoms with van der Waals surface area (Å²) in [5.41, 5.74) is 4.55. The first-order chi connectivity index (χ1) is 15.8. The van der Waals surface area contributed by atoms with Crippen molar-refractivity contribution in [2.45, 2.75) is 26.4 Å². The highest BCUT2D eigenvalue weighted by Crippen LogP contribution is 2.36. The van der Waals surface area contributed by atoms with Crippen molar-refractivity contribution in [3.63, 3.8) is 0 Å². The Labute approximate surface area is 192 Å². The van der Waals surface area contributed by atoms with E-state index in [0.717, 1.165) is 5.69 Å². The van der Waals surface area contributed by atoms with E-state index in [2.05, 4.69) is 65.6 Å². The lowest BCUT2D eigenvalue weighted by molar-refractivity contribution is 0.105. The molecule has 0 amide bonds. The van der Waals surface area contributed by atoms with Crippen LogP contribution in [0.4, 0.5) is 0 Å². The van der Waals surface area contributed by atoms with Gasteiger partial charge in [0.2, 0.25) is 0 Å². The van der Waals surface area contributed by atoms with Crippen LogP contribution in [0.1, 0.15) is 22.4 Å². The number of hydrogen-bond acceptors (Lipinski definition) is 5. The van der Waals surface area contributed by atoms with Gasteiger partial charge in [-0.3, -0.25) is 4.98 Å². The monoisotopic (exact) mass is 453 g/mol. The van der Waals surface area contributed by atoms with Crippen molar-refractivity contribution >= 4 is 63.0 Å². The molecule has 0 radical (unpaired) electrons. The molecule has 156 valence electrons. The first-order valence-electron chi connectivity index (χ1n) is 10.7. The van der Waals surface area contributed by atoms with Gasteiger partial charge < -0.3 is 9.47 Å². The van der Waals surface area contributed by atoms with E-state index in [-0.39, 0.29) is 0 Å². The molecule has 5 heteroatoms. The predicted molar refractivity (Wildman–Crippen MR) is 133 cm³/mol. The summed E-state index contributed by atoms with van der Waals surface area (Å²) in [5, 5.41) is 5.11. The summed E-state index contributed by atoms with van der Waals surface area (Å²) in [6, 6.07) is 22.2. The van der Waals surface area contributed by atoms with E-state index >= 15 is 0 Å². The van der Waals surface area contributed by atoms with Gasteiger partial charge in [0.15, 0.2) is 0 Å².